The third-order valence-corrected chi connectivity index (χ3v) is 3.84. The van der Waals surface area contributed by atoms with E-state index in [9.17, 15) is 0 Å². The van der Waals surface area contributed by atoms with Crippen LogP contribution in [-0.2, 0) is 4.74 Å². The quantitative estimate of drug-likeness (QED) is 0.893. The van der Waals surface area contributed by atoms with Gasteiger partial charge in [-0.25, -0.2) is 9.97 Å². The topological polar surface area (TPSA) is 73.1 Å². The minimum atomic E-state index is 0.442. The van der Waals surface area contributed by atoms with Crippen LogP contribution in [0.3, 0.4) is 0 Å². The van der Waals surface area contributed by atoms with Crippen molar-refractivity contribution < 1.29 is 4.74 Å². The van der Waals surface area contributed by atoms with Crippen LogP contribution in [0.15, 0.2) is 10.8 Å². The molecule has 0 atom stereocenters. The van der Waals surface area contributed by atoms with Crippen molar-refractivity contribution in [1.29, 1.82) is 0 Å². The Hall–Kier alpha value is -0.880. The van der Waals surface area contributed by atoms with E-state index in [-0.39, 0.29) is 0 Å². The molecule has 5 nitrogen and oxygen atoms in total. The second-order valence-electron chi connectivity index (χ2n) is 4.69. The Morgan fingerprint density at radius 3 is 2.83 bits per heavy atom. The first-order valence-electron chi connectivity index (χ1n) is 6.23. The molecule has 3 N–H and O–H groups in total. The molecule has 1 aliphatic rings. The summed E-state index contributed by atoms with van der Waals surface area (Å²) >= 11 is 3.29. The highest BCUT2D eigenvalue weighted by molar-refractivity contribution is 9.10. The zero-order valence-corrected chi connectivity index (χ0v) is 12.1. The third-order valence-electron chi connectivity index (χ3n) is 3.46. The molecular weight excluding hydrogens is 296 g/mol. The highest BCUT2D eigenvalue weighted by atomic mass is 79.9. The number of ether oxygens (including phenoxy) is 1. The smallest absolute Gasteiger partial charge is 0.170 e. The minimum Gasteiger partial charge on any atom is -0.381 e. The molecule has 0 aromatic carbocycles. The van der Waals surface area contributed by atoms with E-state index in [1.54, 1.807) is 13.3 Å². The van der Waals surface area contributed by atoms with Gasteiger partial charge in [-0.3, -0.25) is 0 Å². The van der Waals surface area contributed by atoms with Gasteiger partial charge in [0.15, 0.2) is 11.6 Å². The second-order valence-corrected chi connectivity index (χ2v) is 5.50. The van der Waals surface area contributed by atoms with Crippen LogP contribution in [0.25, 0.3) is 0 Å². The summed E-state index contributed by atoms with van der Waals surface area (Å²) in [5, 5.41) is 3.29. The van der Waals surface area contributed by atoms with Crippen molar-refractivity contribution in [2.24, 2.45) is 5.92 Å². The molecule has 0 bridgehead atoms. The van der Waals surface area contributed by atoms with Crippen LogP contribution in [-0.4, -0.2) is 29.7 Å². The fourth-order valence-corrected chi connectivity index (χ4v) is 2.60. The molecule has 1 heterocycles. The Kier molecular flexibility index (Phi) is 4.77. The molecule has 18 heavy (non-hydrogen) atoms. The molecule has 0 saturated heterocycles. The van der Waals surface area contributed by atoms with Crippen LogP contribution >= 0.6 is 15.9 Å². The third kappa shape index (κ3) is 3.55. The predicted octanol–water partition coefficient (Wildman–Crippen LogP) is 2.44. The van der Waals surface area contributed by atoms with Crippen LogP contribution < -0.4 is 11.1 Å². The van der Waals surface area contributed by atoms with Crippen LogP contribution in [0, 0.1) is 5.92 Å². The number of halogens is 1. The molecular formula is C12H19BrN4O. The van der Waals surface area contributed by atoms with Crippen molar-refractivity contribution in [2.75, 3.05) is 24.7 Å². The highest BCUT2D eigenvalue weighted by Gasteiger charge is 2.20. The highest BCUT2D eigenvalue weighted by Crippen LogP contribution is 2.26. The number of nitrogen functional groups attached to an aromatic ring is 1. The fraction of sp³-hybridized carbons (Fsp3) is 0.667. The van der Waals surface area contributed by atoms with Gasteiger partial charge in [0, 0.05) is 13.7 Å². The van der Waals surface area contributed by atoms with Crippen molar-refractivity contribution >= 4 is 27.6 Å². The van der Waals surface area contributed by atoms with Crippen molar-refractivity contribution in [3.8, 4) is 0 Å². The van der Waals surface area contributed by atoms with E-state index in [0.29, 0.717) is 28.3 Å². The molecule has 1 fully saturated rings. The zero-order chi connectivity index (χ0) is 13.0. The van der Waals surface area contributed by atoms with Gasteiger partial charge in [0.2, 0.25) is 0 Å². The average Bonchev–Trinajstić information content (AvgIpc) is 2.40. The monoisotopic (exact) mass is 314 g/mol. The first kappa shape index (κ1) is 13.5. The van der Waals surface area contributed by atoms with E-state index in [0.717, 1.165) is 19.4 Å². The lowest BCUT2D eigenvalue weighted by Crippen LogP contribution is -2.25. The molecule has 1 saturated carbocycles. The first-order chi connectivity index (χ1) is 8.69. The molecule has 0 spiro atoms. The number of hydrogen-bond donors (Lipinski definition) is 2. The van der Waals surface area contributed by atoms with Crippen molar-refractivity contribution in [3.63, 3.8) is 0 Å². The van der Waals surface area contributed by atoms with Gasteiger partial charge in [-0.15, -0.1) is 0 Å². The molecule has 100 valence electrons. The van der Waals surface area contributed by atoms with E-state index in [2.05, 4.69) is 31.2 Å². The van der Waals surface area contributed by atoms with Gasteiger partial charge in [0.25, 0.3) is 0 Å². The van der Waals surface area contributed by atoms with Crippen molar-refractivity contribution in [3.05, 3.63) is 10.8 Å². The number of nitrogens with zero attached hydrogens (tertiary/aromatic N) is 2. The van der Waals surface area contributed by atoms with Gasteiger partial charge in [-0.2, -0.15) is 0 Å². The molecule has 0 unspecified atom stereocenters. The maximum absolute atomic E-state index is 5.77. The fourth-order valence-electron chi connectivity index (χ4n) is 2.32. The largest absolute Gasteiger partial charge is 0.381 e. The first-order valence-corrected chi connectivity index (χ1v) is 7.03. The molecule has 0 amide bonds. The molecule has 1 aliphatic carbocycles. The van der Waals surface area contributed by atoms with Gasteiger partial charge in [-0.05, 0) is 47.5 Å². The minimum absolute atomic E-state index is 0.442. The van der Waals surface area contributed by atoms with Gasteiger partial charge < -0.3 is 15.8 Å². The normalized spacial score (nSPS) is 23.9. The zero-order valence-electron chi connectivity index (χ0n) is 10.5. The van der Waals surface area contributed by atoms with Crippen LogP contribution in [0.1, 0.15) is 25.7 Å². The molecule has 0 aliphatic heterocycles. The number of anilines is 2. The average molecular weight is 315 g/mol. The Bertz CT molecular complexity index is 394. The maximum Gasteiger partial charge on any atom is 0.170 e. The number of nitrogens with one attached hydrogen (secondary N) is 1. The van der Waals surface area contributed by atoms with Gasteiger partial charge in [0.05, 0.1) is 12.3 Å². The Balaban J connectivity index is 1.83. The Morgan fingerprint density at radius 1 is 1.44 bits per heavy atom. The maximum atomic E-state index is 5.77. The predicted molar refractivity (Wildman–Crippen MR) is 75.4 cm³/mol. The molecule has 1 aromatic heterocycles. The molecule has 0 radical (unpaired) electrons. The molecule has 2 rings (SSSR count). The Labute approximate surface area is 116 Å². The summed E-state index contributed by atoms with van der Waals surface area (Å²) in [6, 6.07) is 0. The summed E-state index contributed by atoms with van der Waals surface area (Å²) in [5.41, 5.74) is 5.77. The summed E-state index contributed by atoms with van der Waals surface area (Å²) in [6.45, 7) is 0.895. The lowest BCUT2D eigenvalue weighted by atomic mass is 9.87. The van der Waals surface area contributed by atoms with E-state index < -0.39 is 0 Å². The van der Waals surface area contributed by atoms with E-state index >= 15 is 0 Å². The van der Waals surface area contributed by atoms with Crippen LogP contribution in [0.4, 0.5) is 11.6 Å². The van der Waals surface area contributed by atoms with Gasteiger partial charge in [0.1, 0.15) is 4.60 Å². The summed E-state index contributed by atoms with van der Waals surface area (Å²) < 4.78 is 6.06. The Morgan fingerprint density at radius 2 is 2.17 bits per heavy atom. The number of aromatic nitrogens is 2. The number of nitrogens with two attached hydrogens (primary N) is 1. The SMILES string of the molecule is CO[C@H]1CC[C@H](CNc2nc(Br)cnc2N)CC1. The lowest BCUT2D eigenvalue weighted by molar-refractivity contribution is 0.0585. The van der Waals surface area contributed by atoms with Crippen LogP contribution in [0.2, 0.25) is 0 Å². The summed E-state index contributed by atoms with van der Waals surface area (Å²) in [4.78, 5) is 8.34. The van der Waals surface area contributed by atoms with E-state index in [1.807, 2.05) is 0 Å². The van der Waals surface area contributed by atoms with Crippen molar-refractivity contribution in [1.82, 2.24) is 9.97 Å². The van der Waals surface area contributed by atoms with Crippen molar-refractivity contribution in [2.45, 2.75) is 31.8 Å². The molecule has 6 heteroatoms. The summed E-state index contributed by atoms with van der Waals surface area (Å²) in [5.74, 6) is 1.78. The summed E-state index contributed by atoms with van der Waals surface area (Å²) in [7, 11) is 1.79. The standard InChI is InChI=1S/C12H19BrN4O/c1-18-9-4-2-8(3-5-9)6-16-12-11(14)15-7-10(13)17-12/h7-9H,2-6H2,1H3,(H2,14,15)(H,16,17)/t8-,9-. The lowest BCUT2D eigenvalue weighted by Gasteiger charge is -2.27. The number of methoxy groups -OCH3 is 1. The number of rotatable bonds is 4. The van der Waals surface area contributed by atoms with Crippen LogP contribution in [0.5, 0.6) is 0 Å². The van der Waals surface area contributed by atoms with Gasteiger partial charge >= 0.3 is 0 Å². The molecule has 1 aromatic rings. The van der Waals surface area contributed by atoms with E-state index in [4.69, 9.17) is 10.5 Å². The number of hydrogen-bond acceptors (Lipinski definition) is 5. The second kappa shape index (κ2) is 6.33. The van der Waals surface area contributed by atoms with Gasteiger partial charge in [-0.1, -0.05) is 0 Å². The summed E-state index contributed by atoms with van der Waals surface area (Å²) in [6.07, 6.45) is 6.70. The van der Waals surface area contributed by atoms with E-state index in [1.165, 1.54) is 12.8 Å².